The number of aryl methyl sites for hydroxylation is 1. The van der Waals surface area contributed by atoms with Gasteiger partial charge >= 0.3 is 0 Å². The number of aliphatic hydroxyl groups excluding tert-OH is 1. The summed E-state index contributed by atoms with van der Waals surface area (Å²) in [5.74, 6) is 0.625. The van der Waals surface area contributed by atoms with E-state index in [-0.39, 0.29) is 13.2 Å². The monoisotopic (exact) mass is 244 g/mol. The van der Waals surface area contributed by atoms with Gasteiger partial charge in [-0.15, -0.1) is 0 Å². The average molecular weight is 245 g/mol. The molecule has 1 aromatic rings. The van der Waals surface area contributed by atoms with E-state index in [1.807, 2.05) is 26.0 Å². The van der Waals surface area contributed by atoms with E-state index >= 15 is 0 Å². The highest BCUT2D eigenvalue weighted by molar-refractivity contribution is 6.32. The van der Waals surface area contributed by atoms with Gasteiger partial charge in [0.25, 0.3) is 0 Å². The number of hydrogen-bond acceptors (Lipinski definition) is 3. The summed E-state index contributed by atoms with van der Waals surface area (Å²) in [5, 5.41) is 10.1. The predicted octanol–water partition coefficient (Wildman–Crippen LogP) is 2.42. The number of halogens is 1. The first-order valence-corrected chi connectivity index (χ1v) is 5.66. The summed E-state index contributed by atoms with van der Waals surface area (Å²) >= 11 is 5.98. The summed E-state index contributed by atoms with van der Waals surface area (Å²) in [5.41, 5.74) is 0.955. The highest BCUT2D eigenvalue weighted by Crippen LogP contribution is 2.27. The maximum absolute atomic E-state index is 9.53. The van der Waals surface area contributed by atoms with Crippen molar-refractivity contribution in [1.29, 1.82) is 0 Å². The second-order valence-electron chi connectivity index (χ2n) is 3.51. The number of hydrogen-bond donors (Lipinski definition) is 1. The Morgan fingerprint density at radius 3 is 2.75 bits per heavy atom. The summed E-state index contributed by atoms with van der Waals surface area (Å²) in [7, 11) is 0. The molecule has 16 heavy (non-hydrogen) atoms. The fourth-order valence-electron chi connectivity index (χ4n) is 1.28. The zero-order chi connectivity index (χ0) is 12.0. The molecule has 0 fully saturated rings. The summed E-state index contributed by atoms with van der Waals surface area (Å²) in [6, 6.07) is 5.54. The molecule has 1 rings (SSSR count). The van der Waals surface area contributed by atoms with E-state index in [4.69, 9.17) is 21.1 Å². The fourth-order valence-corrected chi connectivity index (χ4v) is 1.56. The molecule has 0 aliphatic carbocycles. The maximum atomic E-state index is 9.53. The number of para-hydroxylation sites is 1. The van der Waals surface area contributed by atoms with Crippen molar-refractivity contribution in [2.75, 3.05) is 19.8 Å². The molecule has 0 aromatic heterocycles. The van der Waals surface area contributed by atoms with Gasteiger partial charge in [-0.3, -0.25) is 0 Å². The minimum absolute atomic E-state index is 0.185. The topological polar surface area (TPSA) is 38.7 Å². The molecule has 0 radical (unpaired) electrons. The smallest absolute Gasteiger partial charge is 0.140 e. The van der Waals surface area contributed by atoms with Crippen molar-refractivity contribution in [3.63, 3.8) is 0 Å². The maximum Gasteiger partial charge on any atom is 0.140 e. The van der Waals surface area contributed by atoms with Crippen LogP contribution in [0.4, 0.5) is 0 Å². The Hall–Kier alpha value is -0.770. The molecule has 0 saturated heterocycles. The van der Waals surface area contributed by atoms with Crippen LogP contribution in [0.1, 0.15) is 12.5 Å². The van der Waals surface area contributed by atoms with Gasteiger partial charge in [0.15, 0.2) is 0 Å². The third-order valence-corrected chi connectivity index (χ3v) is 2.40. The molecule has 90 valence electrons. The van der Waals surface area contributed by atoms with Crippen LogP contribution >= 0.6 is 11.6 Å². The molecule has 1 N–H and O–H groups in total. The molecule has 0 aliphatic heterocycles. The zero-order valence-corrected chi connectivity index (χ0v) is 10.3. The summed E-state index contributed by atoms with van der Waals surface area (Å²) in [4.78, 5) is 0. The van der Waals surface area contributed by atoms with Gasteiger partial charge in [0.2, 0.25) is 0 Å². The van der Waals surface area contributed by atoms with Crippen molar-refractivity contribution in [2.24, 2.45) is 0 Å². The SMILES string of the molecule is CCOC[C@@H](O)COc1c(C)cccc1Cl. The van der Waals surface area contributed by atoms with Crippen molar-refractivity contribution in [1.82, 2.24) is 0 Å². The standard InChI is InChI=1S/C12H17ClO3/c1-3-15-7-10(14)8-16-12-9(2)5-4-6-11(12)13/h4-6,10,14H,3,7-8H2,1-2H3/t10-/m1/s1. The van der Waals surface area contributed by atoms with Crippen LogP contribution in [-0.2, 0) is 4.74 Å². The molecular formula is C12H17ClO3. The van der Waals surface area contributed by atoms with Crippen molar-refractivity contribution in [3.05, 3.63) is 28.8 Å². The number of aliphatic hydroxyl groups is 1. The largest absolute Gasteiger partial charge is 0.489 e. The Balaban J connectivity index is 2.48. The van der Waals surface area contributed by atoms with E-state index in [0.717, 1.165) is 5.56 Å². The number of ether oxygens (including phenoxy) is 2. The molecular weight excluding hydrogens is 228 g/mol. The van der Waals surface area contributed by atoms with Gasteiger partial charge in [-0.25, -0.2) is 0 Å². The van der Waals surface area contributed by atoms with Gasteiger partial charge in [-0.2, -0.15) is 0 Å². The zero-order valence-electron chi connectivity index (χ0n) is 9.57. The van der Waals surface area contributed by atoms with Crippen LogP contribution in [0.15, 0.2) is 18.2 Å². The second-order valence-corrected chi connectivity index (χ2v) is 3.92. The second kappa shape index (κ2) is 6.74. The fraction of sp³-hybridized carbons (Fsp3) is 0.500. The van der Waals surface area contributed by atoms with Gasteiger partial charge in [0.05, 0.1) is 11.6 Å². The molecule has 4 heteroatoms. The lowest BCUT2D eigenvalue weighted by Crippen LogP contribution is -2.23. The Morgan fingerprint density at radius 2 is 2.12 bits per heavy atom. The lowest BCUT2D eigenvalue weighted by Gasteiger charge is -2.14. The minimum Gasteiger partial charge on any atom is -0.489 e. The summed E-state index contributed by atoms with van der Waals surface area (Å²) < 4.78 is 10.5. The van der Waals surface area contributed by atoms with Crippen LogP contribution in [0.5, 0.6) is 5.75 Å². The normalized spacial score (nSPS) is 12.5. The van der Waals surface area contributed by atoms with Crippen LogP contribution in [0, 0.1) is 6.92 Å². The third kappa shape index (κ3) is 4.00. The first-order valence-electron chi connectivity index (χ1n) is 5.28. The highest BCUT2D eigenvalue weighted by atomic mass is 35.5. The molecule has 0 amide bonds. The van der Waals surface area contributed by atoms with E-state index in [0.29, 0.717) is 17.4 Å². The van der Waals surface area contributed by atoms with Gasteiger partial charge in [0, 0.05) is 6.61 Å². The van der Waals surface area contributed by atoms with Crippen LogP contribution in [0.25, 0.3) is 0 Å². The van der Waals surface area contributed by atoms with Gasteiger partial charge in [-0.1, -0.05) is 23.7 Å². The van der Waals surface area contributed by atoms with E-state index in [1.165, 1.54) is 0 Å². The van der Waals surface area contributed by atoms with Crippen LogP contribution < -0.4 is 4.74 Å². The van der Waals surface area contributed by atoms with E-state index < -0.39 is 6.10 Å². The molecule has 0 saturated carbocycles. The van der Waals surface area contributed by atoms with Crippen LogP contribution in [0.3, 0.4) is 0 Å². The van der Waals surface area contributed by atoms with Gasteiger partial charge in [-0.05, 0) is 25.5 Å². The van der Waals surface area contributed by atoms with Gasteiger partial charge in [0.1, 0.15) is 18.5 Å². The van der Waals surface area contributed by atoms with Crippen LogP contribution in [0.2, 0.25) is 5.02 Å². The molecule has 0 bridgehead atoms. The Bertz CT molecular complexity index is 308. The van der Waals surface area contributed by atoms with Crippen molar-refractivity contribution < 1.29 is 14.6 Å². The molecule has 0 aliphatic rings. The molecule has 0 heterocycles. The first kappa shape index (κ1) is 13.3. The Labute approximate surface area is 101 Å². The molecule has 0 unspecified atom stereocenters. The predicted molar refractivity (Wildman–Crippen MR) is 64.2 cm³/mol. The third-order valence-electron chi connectivity index (χ3n) is 2.10. The lowest BCUT2D eigenvalue weighted by atomic mass is 10.2. The summed E-state index contributed by atoms with van der Waals surface area (Å²) in [6.07, 6.45) is -0.629. The van der Waals surface area contributed by atoms with Gasteiger partial charge < -0.3 is 14.6 Å². The molecule has 3 nitrogen and oxygen atoms in total. The van der Waals surface area contributed by atoms with Crippen molar-refractivity contribution in [3.8, 4) is 5.75 Å². The average Bonchev–Trinajstić information content (AvgIpc) is 2.25. The first-order chi connectivity index (χ1) is 7.65. The van der Waals surface area contributed by atoms with Crippen molar-refractivity contribution >= 4 is 11.6 Å². The van der Waals surface area contributed by atoms with E-state index in [1.54, 1.807) is 6.07 Å². The van der Waals surface area contributed by atoms with Crippen molar-refractivity contribution in [2.45, 2.75) is 20.0 Å². The van der Waals surface area contributed by atoms with E-state index in [9.17, 15) is 5.11 Å². The Kier molecular flexibility index (Phi) is 5.60. The molecule has 1 aromatic carbocycles. The summed E-state index contributed by atoms with van der Waals surface area (Å²) in [6.45, 7) is 4.84. The Morgan fingerprint density at radius 1 is 1.38 bits per heavy atom. The molecule has 1 atom stereocenters. The highest BCUT2D eigenvalue weighted by Gasteiger charge is 2.09. The minimum atomic E-state index is -0.629. The quantitative estimate of drug-likeness (QED) is 0.835. The number of rotatable bonds is 6. The van der Waals surface area contributed by atoms with E-state index in [2.05, 4.69) is 0 Å². The lowest BCUT2D eigenvalue weighted by molar-refractivity contribution is 0.0163. The molecule has 0 spiro atoms. The number of benzene rings is 1. The van der Waals surface area contributed by atoms with Crippen LogP contribution in [-0.4, -0.2) is 31.0 Å².